The Morgan fingerprint density at radius 1 is 1.26 bits per heavy atom. The van der Waals surface area contributed by atoms with Gasteiger partial charge in [0.1, 0.15) is 0 Å². The number of nitrogens with one attached hydrogen (secondary N) is 1. The number of hydrogen-bond acceptors (Lipinski definition) is 4. The average Bonchev–Trinajstić information content (AvgIpc) is 2.45. The van der Waals surface area contributed by atoms with E-state index >= 15 is 0 Å². The fourth-order valence-electron chi connectivity index (χ4n) is 1.44. The number of carbonyl (C=O) groups is 1. The van der Waals surface area contributed by atoms with Gasteiger partial charge >= 0.3 is 0 Å². The van der Waals surface area contributed by atoms with Gasteiger partial charge in [0.05, 0.1) is 12.2 Å². The summed E-state index contributed by atoms with van der Waals surface area (Å²) < 4.78 is 0. The van der Waals surface area contributed by atoms with Crippen LogP contribution in [-0.4, -0.2) is 16.1 Å². The van der Waals surface area contributed by atoms with E-state index in [-0.39, 0.29) is 5.91 Å². The molecule has 1 aromatic heterocycles. The summed E-state index contributed by atoms with van der Waals surface area (Å²) in [7, 11) is 0. The average molecular weight is 254 g/mol. The fourth-order valence-corrected chi connectivity index (χ4v) is 1.44. The molecule has 2 aromatic rings. The van der Waals surface area contributed by atoms with Crippen LogP contribution in [0.4, 0.5) is 5.69 Å². The molecule has 0 bridgehead atoms. The molecule has 2 rings (SSSR count). The van der Waals surface area contributed by atoms with Crippen molar-refractivity contribution in [1.29, 1.82) is 0 Å². The first-order chi connectivity index (χ1) is 9.24. The molecule has 0 fully saturated rings. The third kappa shape index (κ3) is 4.23. The summed E-state index contributed by atoms with van der Waals surface area (Å²) >= 11 is 0. The Morgan fingerprint density at radius 3 is 2.74 bits per heavy atom. The molecule has 0 aliphatic heterocycles. The van der Waals surface area contributed by atoms with Gasteiger partial charge in [-0.3, -0.25) is 4.79 Å². The van der Waals surface area contributed by atoms with Crippen LogP contribution in [0.3, 0.4) is 0 Å². The Bertz CT molecular complexity index is 564. The molecule has 0 radical (unpaired) electrons. The normalized spacial score (nSPS) is 10.5. The zero-order chi connectivity index (χ0) is 13.5. The molecule has 5 nitrogen and oxygen atoms in total. The zero-order valence-corrected chi connectivity index (χ0v) is 10.3. The molecule has 1 aromatic carbocycles. The molecule has 0 unspecified atom stereocenters. The largest absolute Gasteiger partial charge is 0.399 e. The first-order valence-electron chi connectivity index (χ1n) is 5.82. The Balaban J connectivity index is 1.86. The van der Waals surface area contributed by atoms with Gasteiger partial charge in [-0.1, -0.05) is 12.1 Å². The van der Waals surface area contributed by atoms with Crippen molar-refractivity contribution in [2.75, 3.05) is 5.73 Å². The lowest BCUT2D eigenvalue weighted by Gasteiger charge is -2.00. The van der Waals surface area contributed by atoms with Crippen LogP contribution >= 0.6 is 0 Å². The summed E-state index contributed by atoms with van der Waals surface area (Å²) in [5.74, 6) is -0.178. The van der Waals surface area contributed by atoms with Gasteiger partial charge in [-0.2, -0.15) is 10.2 Å². The van der Waals surface area contributed by atoms with E-state index in [9.17, 15) is 4.79 Å². The number of benzene rings is 1. The third-order valence-corrected chi connectivity index (χ3v) is 2.43. The summed E-state index contributed by atoms with van der Waals surface area (Å²) in [5, 5.41) is 10.3. The first kappa shape index (κ1) is 12.8. The van der Waals surface area contributed by atoms with Gasteiger partial charge < -0.3 is 11.1 Å². The lowest BCUT2D eigenvalue weighted by Crippen LogP contribution is -2.20. The van der Waals surface area contributed by atoms with E-state index in [1.54, 1.807) is 36.5 Å². The van der Waals surface area contributed by atoms with Crippen LogP contribution in [0, 0.1) is 0 Å². The maximum atomic E-state index is 11.6. The second-order valence-corrected chi connectivity index (χ2v) is 3.93. The smallest absolute Gasteiger partial charge is 0.244 e. The molecule has 0 aliphatic rings. The van der Waals surface area contributed by atoms with Crippen molar-refractivity contribution in [3.63, 3.8) is 0 Å². The molecule has 96 valence electrons. The Labute approximate surface area is 111 Å². The Kier molecular flexibility index (Phi) is 4.23. The highest BCUT2D eigenvalue weighted by Crippen LogP contribution is 2.06. The van der Waals surface area contributed by atoms with Gasteiger partial charge in [-0.25, -0.2) is 0 Å². The van der Waals surface area contributed by atoms with Crippen molar-refractivity contribution in [1.82, 2.24) is 15.5 Å². The summed E-state index contributed by atoms with van der Waals surface area (Å²) in [6.07, 6.45) is 4.79. The van der Waals surface area contributed by atoms with Gasteiger partial charge in [0.2, 0.25) is 5.91 Å². The molecule has 1 amide bonds. The van der Waals surface area contributed by atoms with E-state index in [1.807, 2.05) is 12.1 Å². The fraction of sp³-hybridized carbons (Fsp3) is 0.0714. The minimum Gasteiger partial charge on any atom is -0.399 e. The van der Waals surface area contributed by atoms with E-state index in [1.165, 1.54) is 6.08 Å². The zero-order valence-electron chi connectivity index (χ0n) is 10.3. The van der Waals surface area contributed by atoms with Crippen molar-refractivity contribution in [3.8, 4) is 0 Å². The van der Waals surface area contributed by atoms with Crippen LogP contribution in [0.1, 0.15) is 11.3 Å². The van der Waals surface area contributed by atoms with E-state index in [2.05, 4.69) is 15.5 Å². The van der Waals surface area contributed by atoms with Crippen molar-refractivity contribution < 1.29 is 4.79 Å². The Morgan fingerprint density at radius 2 is 2.05 bits per heavy atom. The number of aromatic nitrogens is 2. The van der Waals surface area contributed by atoms with Crippen LogP contribution < -0.4 is 11.1 Å². The standard InChI is InChI=1S/C14H14N4O/c15-12-6-3-11(4-7-12)5-8-14(19)16-10-13-2-1-9-17-18-13/h1-9H,10,15H2,(H,16,19)/b8-5+. The molecule has 19 heavy (non-hydrogen) atoms. The minimum atomic E-state index is -0.178. The van der Waals surface area contributed by atoms with Gasteiger partial charge in [-0.15, -0.1) is 0 Å². The minimum absolute atomic E-state index is 0.178. The van der Waals surface area contributed by atoms with Gasteiger partial charge in [0.25, 0.3) is 0 Å². The number of rotatable bonds is 4. The topological polar surface area (TPSA) is 80.9 Å². The molecule has 1 heterocycles. The molecule has 0 aliphatic carbocycles. The van der Waals surface area contributed by atoms with Crippen LogP contribution in [0.25, 0.3) is 6.08 Å². The Hall–Kier alpha value is -2.69. The van der Waals surface area contributed by atoms with E-state index < -0.39 is 0 Å². The molecule has 5 heteroatoms. The summed E-state index contributed by atoms with van der Waals surface area (Å²) in [6.45, 7) is 0.360. The predicted octanol–water partition coefficient (Wildman–Crippen LogP) is 1.39. The first-order valence-corrected chi connectivity index (χ1v) is 5.82. The maximum Gasteiger partial charge on any atom is 0.244 e. The number of hydrogen-bond donors (Lipinski definition) is 2. The van der Waals surface area contributed by atoms with Crippen molar-refractivity contribution in [3.05, 3.63) is 59.9 Å². The van der Waals surface area contributed by atoms with E-state index in [4.69, 9.17) is 5.73 Å². The van der Waals surface area contributed by atoms with Crippen LogP contribution in [-0.2, 0) is 11.3 Å². The van der Waals surface area contributed by atoms with E-state index in [0.717, 1.165) is 11.3 Å². The second kappa shape index (κ2) is 6.30. The van der Waals surface area contributed by atoms with Gasteiger partial charge in [-0.05, 0) is 35.9 Å². The molecule has 0 saturated carbocycles. The number of anilines is 1. The number of nitrogens with zero attached hydrogens (tertiary/aromatic N) is 2. The second-order valence-electron chi connectivity index (χ2n) is 3.93. The van der Waals surface area contributed by atoms with Crippen molar-refractivity contribution in [2.45, 2.75) is 6.54 Å². The highest BCUT2D eigenvalue weighted by Gasteiger charge is 1.97. The number of nitrogen functional groups attached to an aromatic ring is 1. The predicted molar refractivity (Wildman–Crippen MR) is 73.8 cm³/mol. The number of amides is 1. The highest BCUT2D eigenvalue weighted by atomic mass is 16.1. The molecule has 3 N–H and O–H groups in total. The van der Waals surface area contributed by atoms with Crippen molar-refractivity contribution in [2.24, 2.45) is 0 Å². The SMILES string of the molecule is Nc1ccc(/C=C/C(=O)NCc2cccnn2)cc1. The summed E-state index contributed by atoms with van der Waals surface area (Å²) in [6, 6.07) is 10.9. The van der Waals surface area contributed by atoms with Crippen LogP contribution in [0.2, 0.25) is 0 Å². The molecule has 0 saturated heterocycles. The summed E-state index contributed by atoms with van der Waals surface area (Å²) in [5.41, 5.74) is 7.92. The van der Waals surface area contributed by atoms with Crippen LogP contribution in [0.15, 0.2) is 48.7 Å². The summed E-state index contributed by atoms with van der Waals surface area (Å²) in [4.78, 5) is 11.6. The molecule has 0 atom stereocenters. The number of nitrogens with two attached hydrogens (primary N) is 1. The molecule has 0 spiro atoms. The van der Waals surface area contributed by atoms with Gasteiger partial charge in [0.15, 0.2) is 0 Å². The maximum absolute atomic E-state index is 11.6. The molecular weight excluding hydrogens is 240 g/mol. The third-order valence-electron chi connectivity index (χ3n) is 2.43. The monoisotopic (exact) mass is 254 g/mol. The molecular formula is C14H14N4O. The van der Waals surface area contributed by atoms with Crippen molar-refractivity contribution >= 4 is 17.7 Å². The quantitative estimate of drug-likeness (QED) is 0.638. The number of carbonyl (C=O) groups excluding carboxylic acids is 1. The van der Waals surface area contributed by atoms with E-state index in [0.29, 0.717) is 12.2 Å². The lowest BCUT2D eigenvalue weighted by atomic mass is 10.2. The highest BCUT2D eigenvalue weighted by molar-refractivity contribution is 5.91. The van der Waals surface area contributed by atoms with Crippen LogP contribution in [0.5, 0.6) is 0 Å². The van der Waals surface area contributed by atoms with Gasteiger partial charge in [0, 0.05) is 18.0 Å². The lowest BCUT2D eigenvalue weighted by molar-refractivity contribution is -0.116.